The number of aromatic amines is 1. The number of aromatic nitrogens is 3. The number of hydrogen-bond donors (Lipinski definition) is 1. The van der Waals surface area contributed by atoms with Crippen molar-refractivity contribution in [1.82, 2.24) is 29.7 Å². The normalized spacial score (nSPS) is 16.3. The summed E-state index contributed by atoms with van der Waals surface area (Å²) in [5.74, 6) is 0.510. The van der Waals surface area contributed by atoms with Gasteiger partial charge in [-0.15, -0.1) is 0 Å². The van der Waals surface area contributed by atoms with Crippen molar-refractivity contribution in [3.05, 3.63) is 95.6 Å². The van der Waals surface area contributed by atoms with Gasteiger partial charge in [0.05, 0.1) is 23.3 Å². The number of rotatable bonds is 8. The molecular weight excluding hydrogens is 516 g/mol. The van der Waals surface area contributed by atoms with E-state index in [1.165, 1.54) is 0 Å². The lowest BCUT2D eigenvalue weighted by atomic mass is 9.93. The SMILES string of the molecule is COC(C)(C)c1nc2c(C(=O)N3CCN(C(c4ccccc4)c4ccccc4)[C@H](CC(=O)N(C)C)C3)cncc2[nH]1. The highest BCUT2D eigenvalue weighted by Crippen LogP contribution is 2.34. The zero-order chi connectivity index (χ0) is 29.1. The van der Waals surface area contributed by atoms with E-state index in [2.05, 4.69) is 39.1 Å². The molecule has 1 fully saturated rings. The van der Waals surface area contributed by atoms with Crippen LogP contribution in [0.4, 0.5) is 0 Å². The van der Waals surface area contributed by atoms with Crippen LogP contribution in [0, 0.1) is 0 Å². The molecule has 1 aliphatic rings. The molecule has 5 rings (SSSR count). The number of nitrogens with zero attached hydrogens (tertiary/aromatic N) is 5. The Balaban J connectivity index is 1.49. The molecule has 1 saturated heterocycles. The van der Waals surface area contributed by atoms with Crippen LogP contribution in [-0.4, -0.2) is 88.3 Å². The second-order valence-corrected chi connectivity index (χ2v) is 11.2. The van der Waals surface area contributed by atoms with Gasteiger partial charge in [0.2, 0.25) is 5.91 Å². The van der Waals surface area contributed by atoms with Gasteiger partial charge in [-0.3, -0.25) is 19.5 Å². The van der Waals surface area contributed by atoms with Gasteiger partial charge in [0, 0.05) is 59.5 Å². The third-order valence-corrected chi connectivity index (χ3v) is 7.99. The minimum absolute atomic E-state index is 0.0247. The fourth-order valence-electron chi connectivity index (χ4n) is 5.45. The number of amides is 2. The Morgan fingerprint density at radius 2 is 1.66 bits per heavy atom. The van der Waals surface area contributed by atoms with Crippen molar-refractivity contribution in [3.63, 3.8) is 0 Å². The summed E-state index contributed by atoms with van der Waals surface area (Å²) in [6.45, 7) is 5.37. The minimum Gasteiger partial charge on any atom is -0.371 e. The average molecular weight is 555 g/mol. The molecular formula is C32H38N6O3. The molecule has 3 heterocycles. The summed E-state index contributed by atoms with van der Waals surface area (Å²) in [7, 11) is 5.17. The Morgan fingerprint density at radius 1 is 1.02 bits per heavy atom. The lowest BCUT2D eigenvalue weighted by Gasteiger charge is -2.45. The lowest BCUT2D eigenvalue weighted by Crippen LogP contribution is -2.56. The standard InChI is InChI=1S/C32H38N6O3/c1-32(2,41-5)31-34-26-20-33-19-25(28(26)35-31)30(40)37-16-17-38(24(21-37)18-27(39)36(3)4)29(22-12-8-6-9-13-22)23-14-10-7-11-15-23/h6-15,19-20,24,29H,16-18,21H2,1-5H3,(H,34,35)/t24-/m1/s1. The number of pyridine rings is 1. The molecule has 2 aromatic carbocycles. The Hall–Kier alpha value is -4.08. The largest absolute Gasteiger partial charge is 0.371 e. The first-order valence-corrected chi connectivity index (χ1v) is 13.9. The molecule has 41 heavy (non-hydrogen) atoms. The van der Waals surface area contributed by atoms with Crippen LogP contribution in [0.15, 0.2) is 73.1 Å². The summed E-state index contributed by atoms with van der Waals surface area (Å²) >= 11 is 0. The van der Waals surface area contributed by atoms with E-state index in [4.69, 9.17) is 9.72 Å². The Kier molecular flexibility index (Phi) is 8.19. The quantitative estimate of drug-likeness (QED) is 0.350. The third kappa shape index (κ3) is 5.87. The summed E-state index contributed by atoms with van der Waals surface area (Å²) in [5.41, 5.74) is 3.35. The van der Waals surface area contributed by atoms with Gasteiger partial charge in [-0.1, -0.05) is 60.7 Å². The van der Waals surface area contributed by atoms with Crippen molar-refractivity contribution in [2.45, 2.75) is 38.0 Å². The van der Waals surface area contributed by atoms with Crippen molar-refractivity contribution in [1.29, 1.82) is 0 Å². The van der Waals surface area contributed by atoms with Crippen molar-refractivity contribution < 1.29 is 14.3 Å². The predicted molar refractivity (Wildman–Crippen MR) is 158 cm³/mol. The van der Waals surface area contributed by atoms with E-state index in [1.54, 1.807) is 38.5 Å². The van der Waals surface area contributed by atoms with E-state index < -0.39 is 5.60 Å². The molecule has 0 spiro atoms. The van der Waals surface area contributed by atoms with Crippen LogP contribution in [0.2, 0.25) is 0 Å². The number of ether oxygens (including phenoxy) is 1. The number of methoxy groups -OCH3 is 1. The molecule has 1 N–H and O–H groups in total. The Labute approximate surface area is 241 Å². The molecule has 2 amide bonds. The zero-order valence-corrected chi connectivity index (χ0v) is 24.4. The molecule has 214 valence electrons. The van der Waals surface area contributed by atoms with E-state index in [0.29, 0.717) is 48.5 Å². The highest BCUT2D eigenvalue weighted by Gasteiger charge is 2.37. The van der Waals surface area contributed by atoms with E-state index in [-0.39, 0.29) is 23.9 Å². The number of piperazine rings is 1. The number of carbonyl (C=O) groups is 2. The van der Waals surface area contributed by atoms with Crippen LogP contribution < -0.4 is 0 Å². The molecule has 0 radical (unpaired) electrons. The third-order valence-electron chi connectivity index (χ3n) is 7.99. The number of benzene rings is 2. The van der Waals surface area contributed by atoms with Gasteiger partial charge in [-0.25, -0.2) is 4.98 Å². The molecule has 9 heteroatoms. The second-order valence-electron chi connectivity index (χ2n) is 11.2. The van der Waals surface area contributed by atoms with Crippen molar-refractivity contribution in [2.75, 3.05) is 40.8 Å². The first-order chi connectivity index (χ1) is 19.7. The van der Waals surface area contributed by atoms with Gasteiger partial charge in [0.15, 0.2) is 0 Å². The summed E-state index contributed by atoms with van der Waals surface area (Å²) in [6, 6.07) is 20.5. The number of carbonyl (C=O) groups excluding carboxylic acids is 2. The number of nitrogens with one attached hydrogen (secondary N) is 1. The molecule has 9 nitrogen and oxygen atoms in total. The molecule has 1 atom stereocenters. The van der Waals surface area contributed by atoms with Gasteiger partial charge in [0.25, 0.3) is 5.91 Å². The van der Waals surface area contributed by atoms with E-state index in [1.807, 2.05) is 55.1 Å². The molecule has 4 aromatic rings. The average Bonchev–Trinajstić information content (AvgIpc) is 3.44. The second kappa shape index (κ2) is 11.8. The van der Waals surface area contributed by atoms with Crippen molar-refractivity contribution >= 4 is 22.8 Å². The zero-order valence-electron chi connectivity index (χ0n) is 24.4. The van der Waals surface area contributed by atoms with E-state index in [9.17, 15) is 9.59 Å². The van der Waals surface area contributed by atoms with Crippen LogP contribution >= 0.6 is 0 Å². The molecule has 0 saturated carbocycles. The maximum absolute atomic E-state index is 14.0. The van der Waals surface area contributed by atoms with Crippen LogP contribution in [0.3, 0.4) is 0 Å². The summed E-state index contributed by atoms with van der Waals surface area (Å²) in [5, 5.41) is 0. The highest BCUT2D eigenvalue weighted by molar-refractivity contribution is 6.04. The monoisotopic (exact) mass is 554 g/mol. The predicted octanol–water partition coefficient (Wildman–Crippen LogP) is 4.23. The number of H-pyrrole nitrogens is 1. The molecule has 0 aliphatic carbocycles. The maximum atomic E-state index is 14.0. The Morgan fingerprint density at radius 3 is 2.24 bits per heavy atom. The maximum Gasteiger partial charge on any atom is 0.257 e. The smallest absolute Gasteiger partial charge is 0.257 e. The molecule has 2 aromatic heterocycles. The number of imidazole rings is 1. The van der Waals surface area contributed by atoms with Gasteiger partial charge in [0.1, 0.15) is 16.9 Å². The van der Waals surface area contributed by atoms with Crippen LogP contribution in [0.5, 0.6) is 0 Å². The number of hydrogen-bond acceptors (Lipinski definition) is 6. The minimum atomic E-state index is -0.646. The fraction of sp³-hybridized carbons (Fsp3) is 0.375. The number of fused-ring (bicyclic) bond motifs is 1. The highest BCUT2D eigenvalue weighted by atomic mass is 16.5. The van der Waals surface area contributed by atoms with Gasteiger partial charge >= 0.3 is 0 Å². The Bertz CT molecular complexity index is 1460. The molecule has 0 bridgehead atoms. The van der Waals surface area contributed by atoms with Gasteiger partial charge in [-0.2, -0.15) is 0 Å². The van der Waals surface area contributed by atoms with Crippen LogP contribution in [0.25, 0.3) is 11.0 Å². The molecule has 0 unspecified atom stereocenters. The summed E-state index contributed by atoms with van der Waals surface area (Å²) in [6.07, 6.45) is 3.55. The summed E-state index contributed by atoms with van der Waals surface area (Å²) in [4.78, 5) is 45.2. The van der Waals surface area contributed by atoms with Crippen molar-refractivity contribution in [2.24, 2.45) is 0 Å². The summed E-state index contributed by atoms with van der Waals surface area (Å²) < 4.78 is 5.60. The van der Waals surface area contributed by atoms with E-state index >= 15 is 0 Å². The fourth-order valence-corrected chi connectivity index (χ4v) is 5.45. The topological polar surface area (TPSA) is 94.7 Å². The van der Waals surface area contributed by atoms with E-state index in [0.717, 1.165) is 11.1 Å². The first-order valence-electron chi connectivity index (χ1n) is 13.9. The van der Waals surface area contributed by atoms with Crippen LogP contribution in [0.1, 0.15) is 53.6 Å². The van der Waals surface area contributed by atoms with Gasteiger partial charge < -0.3 is 19.5 Å². The molecule has 1 aliphatic heterocycles. The van der Waals surface area contributed by atoms with Crippen molar-refractivity contribution in [3.8, 4) is 0 Å². The van der Waals surface area contributed by atoms with Gasteiger partial charge in [-0.05, 0) is 25.0 Å². The van der Waals surface area contributed by atoms with Crippen LogP contribution in [-0.2, 0) is 15.1 Å². The lowest BCUT2D eigenvalue weighted by molar-refractivity contribution is -0.130. The first kappa shape index (κ1) is 28.4.